The summed E-state index contributed by atoms with van der Waals surface area (Å²) in [6.45, 7) is 0. The molecular formula is C16H9O. The van der Waals surface area contributed by atoms with Gasteiger partial charge in [-0.05, 0) is 35.0 Å². The van der Waals surface area contributed by atoms with Crippen molar-refractivity contribution in [3.8, 4) is 0 Å². The largest absolute Gasteiger partial charge is 0.456 e. The summed E-state index contributed by atoms with van der Waals surface area (Å²) < 4.78 is 5.85. The molecule has 1 heterocycles. The number of hydrogen-bond donors (Lipinski definition) is 0. The Labute approximate surface area is 98.3 Å². The van der Waals surface area contributed by atoms with Gasteiger partial charge in [-0.2, -0.15) is 0 Å². The summed E-state index contributed by atoms with van der Waals surface area (Å²) in [6.07, 6.45) is 0. The predicted molar refractivity (Wildman–Crippen MR) is 70.1 cm³/mol. The van der Waals surface area contributed by atoms with Crippen LogP contribution >= 0.6 is 0 Å². The van der Waals surface area contributed by atoms with Crippen molar-refractivity contribution in [3.05, 3.63) is 60.7 Å². The van der Waals surface area contributed by atoms with Gasteiger partial charge in [0, 0.05) is 10.8 Å². The maximum atomic E-state index is 5.85. The van der Waals surface area contributed by atoms with Crippen molar-refractivity contribution >= 4 is 32.7 Å². The van der Waals surface area contributed by atoms with Crippen molar-refractivity contribution in [2.75, 3.05) is 0 Å². The lowest BCUT2D eigenvalue weighted by Crippen LogP contribution is -1.73. The molecule has 0 aliphatic carbocycles. The monoisotopic (exact) mass is 217 g/mol. The van der Waals surface area contributed by atoms with Crippen molar-refractivity contribution in [3.63, 3.8) is 0 Å². The van der Waals surface area contributed by atoms with E-state index >= 15 is 0 Å². The van der Waals surface area contributed by atoms with E-state index in [0.29, 0.717) is 0 Å². The number of benzene rings is 3. The summed E-state index contributed by atoms with van der Waals surface area (Å²) >= 11 is 0. The van der Waals surface area contributed by atoms with E-state index in [9.17, 15) is 0 Å². The summed E-state index contributed by atoms with van der Waals surface area (Å²) in [7, 11) is 0. The molecule has 1 radical (unpaired) electrons. The van der Waals surface area contributed by atoms with Crippen LogP contribution in [0.15, 0.2) is 59.0 Å². The second-order valence-corrected chi connectivity index (χ2v) is 4.18. The Bertz CT molecular complexity index is 834. The maximum absolute atomic E-state index is 5.85. The zero-order chi connectivity index (χ0) is 11.2. The van der Waals surface area contributed by atoms with Gasteiger partial charge in [0.05, 0.1) is 0 Å². The Kier molecular flexibility index (Phi) is 1.61. The third-order valence-electron chi connectivity index (χ3n) is 3.20. The Morgan fingerprint density at radius 2 is 1.76 bits per heavy atom. The highest BCUT2D eigenvalue weighted by Gasteiger charge is 2.08. The molecule has 0 saturated carbocycles. The number of para-hydroxylation sites is 1. The first kappa shape index (κ1) is 8.82. The number of rotatable bonds is 0. The van der Waals surface area contributed by atoms with E-state index in [1.165, 1.54) is 21.5 Å². The van der Waals surface area contributed by atoms with Crippen molar-refractivity contribution in [2.45, 2.75) is 0 Å². The van der Waals surface area contributed by atoms with Crippen molar-refractivity contribution < 1.29 is 4.42 Å². The van der Waals surface area contributed by atoms with Crippen LogP contribution < -0.4 is 0 Å². The Morgan fingerprint density at radius 1 is 0.824 bits per heavy atom. The molecule has 1 aromatic heterocycles. The van der Waals surface area contributed by atoms with Crippen LogP contribution in [0, 0.1) is 6.07 Å². The van der Waals surface area contributed by atoms with E-state index in [0.717, 1.165) is 11.2 Å². The molecule has 4 rings (SSSR count). The summed E-state index contributed by atoms with van der Waals surface area (Å²) in [5.41, 5.74) is 1.90. The van der Waals surface area contributed by atoms with Crippen LogP contribution in [0.25, 0.3) is 32.7 Å². The van der Waals surface area contributed by atoms with E-state index in [1.54, 1.807) is 0 Å². The predicted octanol–water partition coefficient (Wildman–Crippen LogP) is 4.54. The fourth-order valence-electron chi connectivity index (χ4n) is 2.43. The molecule has 79 valence electrons. The quantitative estimate of drug-likeness (QED) is 0.421. The Hall–Kier alpha value is -2.28. The lowest BCUT2D eigenvalue weighted by Gasteiger charge is -1.97. The van der Waals surface area contributed by atoms with Crippen LogP contribution in [0.4, 0.5) is 0 Å². The van der Waals surface area contributed by atoms with Crippen LogP contribution in [0.2, 0.25) is 0 Å². The molecule has 0 aliphatic heterocycles. The third-order valence-corrected chi connectivity index (χ3v) is 3.20. The van der Waals surface area contributed by atoms with Crippen LogP contribution in [0.1, 0.15) is 0 Å². The molecule has 0 fully saturated rings. The summed E-state index contributed by atoms with van der Waals surface area (Å²) in [5.74, 6) is 0. The number of furan rings is 1. The van der Waals surface area contributed by atoms with Crippen molar-refractivity contribution in [1.82, 2.24) is 0 Å². The molecule has 0 saturated heterocycles. The first-order valence-corrected chi connectivity index (χ1v) is 5.63. The summed E-state index contributed by atoms with van der Waals surface area (Å²) in [5, 5.41) is 4.81. The fraction of sp³-hybridized carbons (Fsp3) is 0. The zero-order valence-electron chi connectivity index (χ0n) is 9.10. The van der Waals surface area contributed by atoms with E-state index in [4.69, 9.17) is 4.42 Å². The lowest BCUT2D eigenvalue weighted by molar-refractivity contribution is 0.669. The van der Waals surface area contributed by atoms with Gasteiger partial charge in [-0.15, -0.1) is 0 Å². The standard InChI is InChI=1S/C16H9O/c1-2-6-12-11(5-1)9-10-15-16(12)13-7-3-4-8-14(13)17-15/h2-10H. The minimum absolute atomic E-state index is 0.947. The van der Waals surface area contributed by atoms with Crippen LogP contribution in [0.5, 0.6) is 0 Å². The minimum atomic E-state index is 0.947. The second-order valence-electron chi connectivity index (χ2n) is 4.18. The number of hydrogen-bond acceptors (Lipinski definition) is 1. The fourth-order valence-corrected chi connectivity index (χ4v) is 2.43. The van der Waals surface area contributed by atoms with Crippen LogP contribution in [0.3, 0.4) is 0 Å². The normalized spacial score (nSPS) is 11.5. The Morgan fingerprint density at radius 3 is 2.76 bits per heavy atom. The summed E-state index contributed by atoms with van der Waals surface area (Å²) in [6, 6.07) is 21.4. The average molecular weight is 217 g/mol. The highest BCUT2D eigenvalue weighted by atomic mass is 16.3. The molecule has 4 aromatic rings. The average Bonchev–Trinajstić information content (AvgIpc) is 2.77. The topological polar surface area (TPSA) is 13.1 Å². The first-order chi connectivity index (χ1) is 8.43. The van der Waals surface area contributed by atoms with E-state index in [-0.39, 0.29) is 0 Å². The van der Waals surface area contributed by atoms with E-state index in [2.05, 4.69) is 24.3 Å². The van der Waals surface area contributed by atoms with Gasteiger partial charge < -0.3 is 4.42 Å². The van der Waals surface area contributed by atoms with Gasteiger partial charge in [0.25, 0.3) is 0 Å². The highest BCUT2D eigenvalue weighted by Crippen LogP contribution is 2.33. The molecule has 0 atom stereocenters. The van der Waals surface area contributed by atoms with Gasteiger partial charge in [0.2, 0.25) is 0 Å². The SMILES string of the molecule is [c]1ccc2c(c1)ccc1oc3ccccc3c12. The molecule has 0 spiro atoms. The second kappa shape index (κ2) is 3.11. The highest BCUT2D eigenvalue weighted by molar-refractivity contribution is 6.18. The van der Waals surface area contributed by atoms with Crippen molar-refractivity contribution in [1.29, 1.82) is 0 Å². The Balaban J connectivity index is 2.38. The lowest BCUT2D eigenvalue weighted by atomic mass is 10.0. The molecule has 0 N–H and O–H groups in total. The molecule has 1 nitrogen and oxygen atoms in total. The number of fused-ring (bicyclic) bond motifs is 5. The van der Waals surface area contributed by atoms with Crippen molar-refractivity contribution in [2.24, 2.45) is 0 Å². The van der Waals surface area contributed by atoms with Gasteiger partial charge in [0.15, 0.2) is 0 Å². The van der Waals surface area contributed by atoms with Gasteiger partial charge in [-0.1, -0.05) is 36.4 Å². The zero-order valence-corrected chi connectivity index (χ0v) is 9.10. The molecule has 0 unspecified atom stereocenters. The van der Waals surface area contributed by atoms with Crippen LogP contribution in [-0.4, -0.2) is 0 Å². The van der Waals surface area contributed by atoms with Gasteiger partial charge in [-0.25, -0.2) is 0 Å². The first-order valence-electron chi connectivity index (χ1n) is 5.63. The van der Waals surface area contributed by atoms with Crippen LogP contribution in [-0.2, 0) is 0 Å². The molecule has 17 heavy (non-hydrogen) atoms. The van der Waals surface area contributed by atoms with E-state index in [1.807, 2.05) is 36.4 Å². The van der Waals surface area contributed by atoms with Gasteiger partial charge in [0.1, 0.15) is 11.2 Å². The molecule has 0 amide bonds. The maximum Gasteiger partial charge on any atom is 0.136 e. The third kappa shape index (κ3) is 1.14. The molecule has 1 heteroatoms. The van der Waals surface area contributed by atoms with E-state index < -0.39 is 0 Å². The van der Waals surface area contributed by atoms with Gasteiger partial charge in [-0.3, -0.25) is 0 Å². The minimum Gasteiger partial charge on any atom is -0.456 e. The molecular weight excluding hydrogens is 208 g/mol. The molecule has 3 aromatic carbocycles. The summed E-state index contributed by atoms with van der Waals surface area (Å²) in [4.78, 5) is 0. The van der Waals surface area contributed by atoms with Gasteiger partial charge >= 0.3 is 0 Å². The molecule has 0 aliphatic rings. The smallest absolute Gasteiger partial charge is 0.136 e. The molecule has 0 bridgehead atoms.